The lowest BCUT2D eigenvalue weighted by Crippen LogP contribution is -2.29. The Balaban J connectivity index is 2.26. The first kappa shape index (κ1) is 17.5. The van der Waals surface area contributed by atoms with Crippen molar-refractivity contribution in [3.63, 3.8) is 0 Å². The van der Waals surface area contributed by atoms with E-state index in [2.05, 4.69) is 22.1 Å². The molecular formula is C17H20N4O3. The first-order valence-corrected chi connectivity index (χ1v) is 7.69. The molecule has 0 saturated carbocycles. The molecule has 0 bridgehead atoms. The molecule has 0 aliphatic heterocycles. The smallest absolute Gasteiger partial charge is 0.221 e. The molecule has 0 spiro atoms. The second kappa shape index (κ2) is 8.70. The summed E-state index contributed by atoms with van der Waals surface area (Å²) >= 11 is 0. The summed E-state index contributed by atoms with van der Waals surface area (Å²) < 4.78 is 1.77. The van der Waals surface area contributed by atoms with Gasteiger partial charge in [0, 0.05) is 39.2 Å². The predicted molar refractivity (Wildman–Crippen MR) is 90.5 cm³/mol. The molecule has 2 aromatic rings. The first-order chi connectivity index (χ1) is 11.7. The van der Waals surface area contributed by atoms with Crippen LogP contribution in [0.5, 0.6) is 0 Å². The molecule has 2 heterocycles. The molecule has 7 nitrogen and oxygen atoms in total. The van der Waals surface area contributed by atoms with Crippen molar-refractivity contribution in [2.24, 2.45) is 0 Å². The van der Waals surface area contributed by atoms with Gasteiger partial charge in [0.25, 0.3) is 0 Å². The standard InChI is InChI=1S/C17H20N4O3/c1-18-15(24)8-10-20(13-23)16-12-19-17-14(6-3-2-4-11-22)7-5-9-21(16)17/h5,7,9,12-13,22H,2,4,8,10-11H2,1H3,(H,18,24). The zero-order valence-electron chi connectivity index (χ0n) is 13.5. The SMILES string of the molecule is CNC(=O)CCN(C=O)c1cnc2c(C#CCCCO)cccn12. The van der Waals surface area contributed by atoms with Gasteiger partial charge in [0.05, 0.1) is 11.8 Å². The molecule has 2 amide bonds. The number of imidazole rings is 1. The van der Waals surface area contributed by atoms with E-state index in [-0.39, 0.29) is 25.5 Å². The number of pyridine rings is 1. The maximum atomic E-state index is 11.4. The molecule has 7 heteroatoms. The predicted octanol–water partition coefficient (Wildman–Crippen LogP) is 0.557. The van der Waals surface area contributed by atoms with Crippen LogP contribution in [0.3, 0.4) is 0 Å². The lowest BCUT2D eigenvalue weighted by molar-refractivity contribution is -0.120. The van der Waals surface area contributed by atoms with E-state index < -0.39 is 0 Å². The summed E-state index contributed by atoms with van der Waals surface area (Å²) in [6.45, 7) is 0.384. The van der Waals surface area contributed by atoms with Gasteiger partial charge in [0.2, 0.25) is 12.3 Å². The molecule has 0 aromatic carbocycles. The number of aliphatic hydroxyl groups is 1. The topological polar surface area (TPSA) is 86.9 Å². The summed E-state index contributed by atoms with van der Waals surface area (Å²) in [7, 11) is 1.56. The van der Waals surface area contributed by atoms with E-state index >= 15 is 0 Å². The number of hydrogen-bond donors (Lipinski definition) is 2. The van der Waals surface area contributed by atoms with Crippen molar-refractivity contribution >= 4 is 23.8 Å². The average Bonchev–Trinajstić information content (AvgIpc) is 3.04. The van der Waals surface area contributed by atoms with Gasteiger partial charge in [-0.15, -0.1) is 0 Å². The largest absolute Gasteiger partial charge is 0.396 e. The number of anilines is 1. The van der Waals surface area contributed by atoms with Crippen molar-refractivity contribution in [3.05, 3.63) is 30.1 Å². The van der Waals surface area contributed by atoms with Gasteiger partial charge in [-0.05, 0) is 18.6 Å². The van der Waals surface area contributed by atoms with E-state index in [4.69, 9.17) is 5.11 Å². The van der Waals surface area contributed by atoms with Crippen molar-refractivity contribution in [1.82, 2.24) is 14.7 Å². The number of fused-ring (bicyclic) bond motifs is 1. The Morgan fingerprint density at radius 2 is 2.38 bits per heavy atom. The van der Waals surface area contributed by atoms with Gasteiger partial charge in [0.1, 0.15) is 5.82 Å². The summed E-state index contributed by atoms with van der Waals surface area (Å²) in [5.74, 6) is 6.48. The molecule has 2 N–H and O–H groups in total. The number of aliphatic hydroxyl groups excluding tert-OH is 1. The zero-order chi connectivity index (χ0) is 17.4. The molecule has 0 atom stereocenters. The van der Waals surface area contributed by atoms with Gasteiger partial charge in [-0.1, -0.05) is 11.8 Å². The van der Waals surface area contributed by atoms with Gasteiger partial charge in [-0.25, -0.2) is 4.98 Å². The number of nitrogens with zero attached hydrogens (tertiary/aromatic N) is 3. The molecular weight excluding hydrogens is 308 g/mol. The van der Waals surface area contributed by atoms with Crippen LogP contribution in [-0.2, 0) is 9.59 Å². The third-order valence-electron chi connectivity index (χ3n) is 3.48. The molecule has 0 aliphatic carbocycles. The van der Waals surface area contributed by atoms with Gasteiger partial charge >= 0.3 is 0 Å². The zero-order valence-corrected chi connectivity index (χ0v) is 13.5. The maximum absolute atomic E-state index is 11.4. The number of rotatable bonds is 7. The van der Waals surface area contributed by atoms with Crippen LogP contribution in [0.25, 0.3) is 5.65 Å². The minimum absolute atomic E-state index is 0.117. The van der Waals surface area contributed by atoms with Gasteiger partial charge in [0.15, 0.2) is 5.65 Å². The number of carbonyl (C=O) groups excluding carboxylic acids is 2. The lowest BCUT2D eigenvalue weighted by atomic mass is 10.2. The van der Waals surface area contributed by atoms with Gasteiger partial charge < -0.3 is 10.4 Å². The Bertz CT molecular complexity index is 773. The number of unbranched alkanes of at least 4 members (excludes halogenated alkanes) is 1. The fourth-order valence-electron chi connectivity index (χ4n) is 2.20. The third-order valence-corrected chi connectivity index (χ3v) is 3.48. The second-order valence-electron chi connectivity index (χ2n) is 5.08. The molecule has 24 heavy (non-hydrogen) atoms. The highest BCUT2D eigenvalue weighted by Crippen LogP contribution is 2.18. The van der Waals surface area contributed by atoms with Crippen LogP contribution in [0.2, 0.25) is 0 Å². The van der Waals surface area contributed by atoms with Crippen LogP contribution in [0.1, 0.15) is 24.8 Å². The minimum atomic E-state index is -0.133. The van der Waals surface area contributed by atoms with E-state index in [1.165, 1.54) is 4.90 Å². The Kier molecular flexibility index (Phi) is 6.34. The molecule has 2 rings (SSSR count). The summed E-state index contributed by atoms with van der Waals surface area (Å²) in [5, 5.41) is 11.3. The summed E-state index contributed by atoms with van der Waals surface area (Å²) in [6, 6.07) is 3.68. The molecule has 126 valence electrons. The van der Waals surface area contributed by atoms with Crippen molar-refractivity contribution in [2.75, 3.05) is 25.1 Å². The van der Waals surface area contributed by atoms with Crippen LogP contribution >= 0.6 is 0 Å². The summed E-state index contributed by atoms with van der Waals surface area (Å²) in [6.07, 6.45) is 5.53. The van der Waals surface area contributed by atoms with Crippen molar-refractivity contribution < 1.29 is 14.7 Å². The van der Waals surface area contributed by atoms with Crippen LogP contribution < -0.4 is 10.2 Å². The van der Waals surface area contributed by atoms with Crippen LogP contribution in [-0.4, -0.2) is 47.0 Å². The van der Waals surface area contributed by atoms with Crippen molar-refractivity contribution in [1.29, 1.82) is 0 Å². The first-order valence-electron chi connectivity index (χ1n) is 7.69. The van der Waals surface area contributed by atoms with Gasteiger partial charge in [-0.2, -0.15) is 0 Å². The van der Waals surface area contributed by atoms with E-state index in [1.807, 2.05) is 12.1 Å². The molecule has 0 saturated heterocycles. The molecule has 0 unspecified atom stereocenters. The average molecular weight is 328 g/mol. The Labute approximate surface area is 140 Å². The minimum Gasteiger partial charge on any atom is -0.396 e. The number of aromatic nitrogens is 2. The fourth-order valence-corrected chi connectivity index (χ4v) is 2.20. The number of carbonyl (C=O) groups is 2. The normalized spacial score (nSPS) is 10.1. The molecule has 0 aliphatic rings. The van der Waals surface area contributed by atoms with Crippen molar-refractivity contribution in [2.45, 2.75) is 19.3 Å². The summed E-state index contributed by atoms with van der Waals surface area (Å²) in [5.41, 5.74) is 1.40. The summed E-state index contributed by atoms with van der Waals surface area (Å²) in [4.78, 5) is 28.5. The third kappa shape index (κ3) is 4.12. The fraction of sp³-hybridized carbons (Fsp3) is 0.353. The molecule has 0 fully saturated rings. The van der Waals surface area contributed by atoms with Crippen LogP contribution in [0.4, 0.5) is 5.82 Å². The van der Waals surface area contributed by atoms with E-state index in [1.54, 1.807) is 23.8 Å². The second-order valence-corrected chi connectivity index (χ2v) is 5.08. The maximum Gasteiger partial charge on any atom is 0.221 e. The van der Waals surface area contributed by atoms with Crippen molar-refractivity contribution in [3.8, 4) is 11.8 Å². The Hall–Kier alpha value is -2.85. The number of hydrogen-bond acceptors (Lipinski definition) is 4. The van der Waals surface area contributed by atoms with E-state index in [0.717, 1.165) is 5.56 Å². The lowest BCUT2D eigenvalue weighted by Gasteiger charge is -2.16. The van der Waals surface area contributed by atoms with Crippen LogP contribution in [0, 0.1) is 11.8 Å². The highest BCUT2D eigenvalue weighted by molar-refractivity contribution is 5.80. The van der Waals surface area contributed by atoms with E-state index in [9.17, 15) is 9.59 Å². The van der Waals surface area contributed by atoms with E-state index in [0.29, 0.717) is 30.7 Å². The monoisotopic (exact) mass is 328 g/mol. The Morgan fingerprint density at radius 3 is 3.08 bits per heavy atom. The molecule has 0 radical (unpaired) electrons. The van der Waals surface area contributed by atoms with Gasteiger partial charge in [-0.3, -0.25) is 18.9 Å². The quantitative estimate of drug-likeness (QED) is 0.442. The number of nitrogens with one attached hydrogen (secondary N) is 1. The van der Waals surface area contributed by atoms with Crippen LogP contribution in [0.15, 0.2) is 24.5 Å². The Morgan fingerprint density at radius 1 is 1.54 bits per heavy atom. The highest BCUT2D eigenvalue weighted by Gasteiger charge is 2.13. The number of amides is 2. The molecule has 2 aromatic heterocycles. The highest BCUT2D eigenvalue weighted by atomic mass is 16.3.